The molecule has 2 atom stereocenters. The zero-order chi connectivity index (χ0) is 21.8. The second-order valence-electron chi connectivity index (χ2n) is 7.68. The number of anilines is 1. The second kappa shape index (κ2) is 8.93. The fourth-order valence-electron chi connectivity index (χ4n) is 3.56. The average Bonchev–Trinajstić information content (AvgIpc) is 2.79. The number of aromatic nitrogens is 2. The van der Waals surface area contributed by atoms with Gasteiger partial charge in [-0.05, 0) is 30.7 Å². The average molecular weight is 414 g/mol. The third-order valence-corrected chi connectivity index (χ3v) is 5.51. The summed E-state index contributed by atoms with van der Waals surface area (Å²) in [6.07, 6.45) is 0. The Kier molecular flexibility index (Phi) is 5.91. The number of hydrogen-bond donors (Lipinski definition) is 3. The van der Waals surface area contributed by atoms with Gasteiger partial charge in [-0.25, -0.2) is 4.98 Å². The SMILES string of the molecule is C[C@@H](C(=O)Nc1ccccc1-c1ccccc1)[NH+](C)Cc1nc2ccccc2c(=O)[nH]1. The predicted molar refractivity (Wildman–Crippen MR) is 123 cm³/mol. The zero-order valence-corrected chi connectivity index (χ0v) is 17.6. The summed E-state index contributed by atoms with van der Waals surface area (Å²) in [4.78, 5) is 33.6. The minimum atomic E-state index is -0.347. The van der Waals surface area contributed by atoms with E-state index in [1.807, 2.05) is 86.8 Å². The number of carbonyl (C=O) groups excluding carboxylic acids is 1. The lowest BCUT2D eigenvalue weighted by atomic mass is 10.0. The normalized spacial score (nSPS) is 13.0. The van der Waals surface area contributed by atoms with E-state index in [-0.39, 0.29) is 17.5 Å². The standard InChI is InChI=1S/C25H24N4O2/c1-17(29(2)16-23-26-22-15-9-7-13-20(22)25(31)28-23)24(30)27-21-14-8-6-12-19(21)18-10-4-3-5-11-18/h3-15,17H,16H2,1-2H3,(H,27,30)(H,26,28,31)/p+1/t17-/m0/s1. The van der Waals surface area contributed by atoms with Crippen molar-refractivity contribution in [1.82, 2.24) is 9.97 Å². The number of benzene rings is 3. The van der Waals surface area contributed by atoms with Gasteiger partial charge in [0.1, 0.15) is 6.54 Å². The largest absolute Gasteiger partial charge is 0.321 e. The van der Waals surface area contributed by atoms with Crippen LogP contribution >= 0.6 is 0 Å². The van der Waals surface area contributed by atoms with Crippen LogP contribution in [0.4, 0.5) is 5.69 Å². The van der Waals surface area contributed by atoms with Crippen LogP contribution in [0.25, 0.3) is 22.0 Å². The number of likely N-dealkylation sites (N-methyl/N-ethyl adjacent to an activating group) is 1. The monoisotopic (exact) mass is 413 g/mol. The van der Waals surface area contributed by atoms with Gasteiger partial charge in [0.15, 0.2) is 11.9 Å². The van der Waals surface area contributed by atoms with Crippen LogP contribution in [0.1, 0.15) is 12.7 Å². The Labute approximate surface area is 180 Å². The maximum atomic E-state index is 13.0. The first-order chi connectivity index (χ1) is 15.0. The molecule has 0 aliphatic heterocycles. The maximum Gasteiger partial charge on any atom is 0.282 e. The van der Waals surface area contributed by atoms with Crippen molar-refractivity contribution >= 4 is 22.5 Å². The Morgan fingerprint density at radius 1 is 1.00 bits per heavy atom. The molecule has 3 aromatic carbocycles. The van der Waals surface area contributed by atoms with Crippen LogP contribution in [-0.2, 0) is 11.3 Å². The number of aromatic amines is 1. The van der Waals surface area contributed by atoms with E-state index in [4.69, 9.17) is 0 Å². The number of carbonyl (C=O) groups is 1. The summed E-state index contributed by atoms with van der Waals surface area (Å²) >= 11 is 0. The van der Waals surface area contributed by atoms with Crippen molar-refractivity contribution in [2.24, 2.45) is 0 Å². The van der Waals surface area contributed by atoms with Crippen LogP contribution in [0.5, 0.6) is 0 Å². The molecule has 0 saturated carbocycles. The molecule has 0 aliphatic rings. The van der Waals surface area contributed by atoms with Crippen LogP contribution in [0, 0.1) is 0 Å². The molecule has 6 heteroatoms. The van der Waals surface area contributed by atoms with E-state index in [2.05, 4.69) is 15.3 Å². The van der Waals surface area contributed by atoms with Gasteiger partial charge in [0, 0.05) is 11.3 Å². The highest BCUT2D eigenvalue weighted by Gasteiger charge is 2.24. The van der Waals surface area contributed by atoms with Crippen molar-refractivity contribution in [3.8, 4) is 11.1 Å². The molecule has 4 aromatic rings. The Hall–Kier alpha value is -3.77. The molecule has 0 radical (unpaired) electrons. The third kappa shape index (κ3) is 4.54. The van der Waals surface area contributed by atoms with E-state index in [1.165, 1.54) is 0 Å². The molecule has 31 heavy (non-hydrogen) atoms. The number of quaternary nitrogens is 1. The molecule has 4 rings (SSSR count). The van der Waals surface area contributed by atoms with Gasteiger partial charge in [-0.3, -0.25) is 9.59 Å². The van der Waals surface area contributed by atoms with E-state index >= 15 is 0 Å². The van der Waals surface area contributed by atoms with E-state index in [0.717, 1.165) is 21.7 Å². The van der Waals surface area contributed by atoms with Crippen molar-refractivity contribution in [2.45, 2.75) is 19.5 Å². The van der Waals surface area contributed by atoms with Crippen molar-refractivity contribution in [3.05, 3.63) is 95.0 Å². The summed E-state index contributed by atoms with van der Waals surface area (Å²) in [7, 11) is 1.92. The Morgan fingerprint density at radius 3 is 2.48 bits per heavy atom. The molecule has 0 aliphatic carbocycles. The number of nitrogens with one attached hydrogen (secondary N) is 3. The third-order valence-electron chi connectivity index (χ3n) is 5.51. The van der Waals surface area contributed by atoms with Crippen LogP contribution in [0.2, 0.25) is 0 Å². The first kappa shape index (κ1) is 20.5. The van der Waals surface area contributed by atoms with Crippen molar-refractivity contribution in [1.29, 1.82) is 0 Å². The minimum absolute atomic E-state index is 0.0935. The summed E-state index contributed by atoms with van der Waals surface area (Å²) in [5.41, 5.74) is 3.28. The maximum absolute atomic E-state index is 13.0. The molecule has 0 bridgehead atoms. The highest BCUT2D eigenvalue weighted by atomic mass is 16.2. The van der Waals surface area contributed by atoms with Crippen molar-refractivity contribution in [2.75, 3.05) is 12.4 Å². The van der Waals surface area contributed by atoms with E-state index in [9.17, 15) is 9.59 Å². The number of fused-ring (bicyclic) bond motifs is 1. The lowest BCUT2D eigenvalue weighted by Gasteiger charge is -2.21. The molecule has 3 N–H and O–H groups in total. The van der Waals surface area contributed by atoms with Gasteiger partial charge < -0.3 is 15.2 Å². The van der Waals surface area contributed by atoms with Gasteiger partial charge in [-0.2, -0.15) is 0 Å². The van der Waals surface area contributed by atoms with E-state index < -0.39 is 0 Å². The first-order valence-corrected chi connectivity index (χ1v) is 10.3. The molecule has 0 spiro atoms. The van der Waals surface area contributed by atoms with Crippen LogP contribution in [0.15, 0.2) is 83.7 Å². The quantitative estimate of drug-likeness (QED) is 0.455. The molecule has 1 heterocycles. The topological polar surface area (TPSA) is 79.3 Å². The lowest BCUT2D eigenvalue weighted by molar-refractivity contribution is -0.908. The summed E-state index contributed by atoms with van der Waals surface area (Å²) in [5.74, 6) is 0.467. The van der Waals surface area contributed by atoms with Gasteiger partial charge in [0.25, 0.3) is 11.5 Å². The molecule has 0 saturated heterocycles. The first-order valence-electron chi connectivity index (χ1n) is 10.3. The van der Waals surface area contributed by atoms with E-state index in [0.29, 0.717) is 23.3 Å². The number of H-pyrrole nitrogens is 1. The highest BCUT2D eigenvalue weighted by Crippen LogP contribution is 2.27. The second-order valence-corrected chi connectivity index (χ2v) is 7.68. The van der Waals surface area contributed by atoms with Crippen molar-refractivity contribution in [3.63, 3.8) is 0 Å². The van der Waals surface area contributed by atoms with Gasteiger partial charge in [0.05, 0.1) is 18.0 Å². The number of para-hydroxylation sites is 2. The number of amides is 1. The smallest absolute Gasteiger partial charge is 0.282 e. The number of rotatable bonds is 6. The van der Waals surface area contributed by atoms with Gasteiger partial charge >= 0.3 is 0 Å². The Morgan fingerprint density at radius 2 is 1.68 bits per heavy atom. The molecule has 0 fully saturated rings. The van der Waals surface area contributed by atoms with Crippen molar-refractivity contribution < 1.29 is 9.69 Å². The summed E-state index contributed by atoms with van der Waals surface area (Å²) in [5, 5.41) is 3.63. The highest BCUT2D eigenvalue weighted by molar-refractivity contribution is 5.97. The van der Waals surface area contributed by atoms with Gasteiger partial charge in [0.2, 0.25) is 0 Å². The fraction of sp³-hybridized carbons (Fsp3) is 0.160. The molecule has 1 aromatic heterocycles. The summed E-state index contributed by atoms with van der Waals surface area (Å²) in [6.45, 7) is 2.30. The lowest BCUT2D eigenvalue weighted by Crippen LogP contribution is -3.12. The molecular formula is C25H25N4O2+. The fourth-order valence-corrected chi connectivity index (χ4v) is 3.56. The van der Waals surface area contributed by atoms with Gasteiger partial charge in [-0.15, -0.1) is 0 Å². The Bertz CT molecular complexity index is 1270. The summed E-state index contributed by atoms with van der Waals surface area (Å²) in [6, 6.07) is 24.6. The van der Waals surface area contributed by atoms with Crippen LogP contribution in [-0.4, -0.2) is 29.0 Å². The van der Waals surface area contributed by atoms with Crippen LogP contribution < -0.4 is 15.8 Å². The minimum Gasteiger partial charge on any atom is -0.321 e. The van der Waals surface area contributed by atoms with Gasteiger partial charge in [-0.1, -0.05) is 60.7 Å². The predicted octanol–water partition coefficient (Wildman–Crippen LogP) is 2.63. The molecule has 1 amide bonds. The summed E-state index contributed by atoms with van der Waals surface area (Å²) < 4.78 is 0. The Balaban J connectivity index is 1.50. The van der Waals surface area contributed by atoms with E-state index in [1.54, 1.807) is 6.07 Å². The molecular weight excluding hydrogens is 388 g/mol. The zero-order valence-electron chi connectivity index (χ0n) is 17.6. The number of nitrogens with zero attached hydrogens (tertiary/aromatic N) is 1. The molecule has 6 nitrogen and oxygen atoms in total. The van der Waals surface area contributed by atoms with Crippen LogP contribution in [0.3, 0.4) is 0 Å². The number of hydrogen-bond acceptors (Lipinski definition) is 3. The molecule has 1 unspecified atom stereocenters. The molecule has 156 valence electrons.